The number of hydrogen-bond acceptors (Lipinski definition) is 3. The second kappa shape index (κ2) is 7.84. The standard InChI is InChI=1S/C14H22N2O2/c1-3-16(10-11-18-4-2)14(17)13(15)12-8-6-5-7-9-12/h5-9,13H,3-4,10-11,15H2,1-2H3/t13-/m0/s1. The highest BCUT2D eigenvalue weighted by Gasteiger charge is 2.20. The van der Waals surface area contributed by atoms with Crippen molar-refractivity contribution in [2.24, 2.45) is 5.73 Å². The summed E-state index contributed by atoms with van der Waals surface area (Å²) in [5.74, 6) is -0.0524. The topological polar surface area (TPSA) is 55.6 Å². The van der Waals surface area contributed by atoms with Gasteiger partial charge >= 0.3 is 0 Å². The zero-order valence-corrected chi connectivity index (χ0v) is 11.1. The summed E-state index contributed by atoms with van der Waals surface area (Å²) in [6.07, 6.45) is 0. The van der Waals surface area contributed by atoms with E-state index in [1.807, 2.05) is 44.2 Å². The van der Waals surface area contributed by atoms with Crippen LogP contribution in [0.15, 0.2) is 30.3 Å². The highest BCUT2D eigenvalue weighted by molar-refractivity contribution is 5.83. The molecule has 0 spiro atoms. The smallest absolute Gasteiger partial charge is 0.244 e. The van der Waals surface area contributed by atoms with E-state index in [9.17, 15) is 4.79 Å². The highest BCUT2D eigenvalue weighted by atomic mass is 16.5. The van der Waals surface area contributed by atoms with Crippen LogP contribution in [0.3, 0.4) is 0 Å². The molecule has 1 aromatic carbocycles. The molecule has 100 valence electrons. The van der Waals surface area contributed by atoms with Crippen LogP contribution in [-0.4, -0.2) is 37.1 Å². The first-order chi connectivity index (χ1) is 8.70. The number of carbonyl (C=O) groups is 1. The summed E-state index contributed by atoms with van der Waals surface area (Å²) in [6.45, 7) is 6.33. The molecule has 4 heteroatoms. The molecule has 2 N–H and O–H groups in total. The molecule has 0 aliphatic heterocycles. The van der Waals surface area contributed by atoms with Crippen LogP contribution in [0.25, 0.3) is 0 Å². The van der Waals surface area contributed by atoms with Gasteiger partial charge in [0.05, 0.1) is 6.61 Å². The molecule has 1 amide bonds. The van der Waals surface area contributed by atoms with E-state index in [1.54, 1.807) is 4.90 Å². The van der Waals surface area contributed by atoms with Crippen molar-refractivity contribution in [3.8, 4) is 0 Å². The van der Waals surface area contributed by atoms with Gasteiger partial charge in [0, 0.05) is 19.7 Å². The third-order valence-electron chi connectivity index (χ3n) is 2.83. The molecule has 0 radical (unpaired) electrons. The molecule has 4 nitrogen and oxygen atoms in total. The van der Waals surface area contributed by atoms with Gasteiger partial charge in [-0.15, -0.1) is 0 Å². The first kappa shape index (κ1) is 14.7. The van der Waals surface area contributed by atoms with Gasteiger partial charge in [0.1, 0.15) is 6.04 Å². The summed E-state index contributed by atoms with van der Waals surface area (Å²) in [6, 6.07) is 8.84. The minimum Gasteiger partial charge on any atom is -0.380 e. The maximum atomic E-state index is 12.2. The molecule has 0 aliphatic rings. The van der Waals surface area contributed by atoms with E-state index in [2.05, 4.69) is 0 Å². The number of ether oxygens (including phenoxy) is 1. The third kappa shape index (κ3) is 4.13. The van der Waals surface area contributed by atoms with Crippen molar-refractivity contribution in [3.63, 3.8) is 0 Å². The van der Waals surface area contributed by atoms with Gasteiger partial charge in [0.25, 0.3) is 0 Å². The fraction of sp³-hybridized carbons (Fsp3) is 0.500. The van der Waals surface area contributed by atoms with E-state index >= 15 is 0 Å². The third-order valence-corrected chi connectivity index (χ3v) is 2.83. The summed E-state index contributed by atoms with van der Waals surface area (Å²) in [4.78, 5) is 13.9. The average molecular weight is 250 g/mol. The molecular formula is C14H22N2O2. The number of hydrogen-bond donors (Lipinski definition) is 1. The van der Waals surface area contributed by atoms with Gasteiger partial charge in [-0.2, -0.15) is 0 Å². The number of carbonyl (C=O) groups excluding carboxylic acids is 1. The minimum atomic E-state index is -0.590. The Balaban J connectivity index is 2.60. The molecule has 1 atom stereocenters. The SMILES string of the molecule is CCOCCN(CC)C(=O)[C@@H](N)c1ccccc1. The van der Waals surface area contributed by atoms with Crippen LogP contribution in [0.5, 0.6) is 0 Å². The van der Waals surface area contributed by atoms with Crippen LogP contribution < -0.4 is 5.73 Å². The number of benzene rings is 1. The van der Waals surface area contributed by atoms with Crippen LogP contribution in [0.1, 0.15) is 25.5 Å². The summed E-state index contributed by atoms with van der Waals surface area (Å²) in [5, 5.41) is 0. The predicted octanol–water partition coefficient (Wildman–Crippen LogP) is 1.57. The zero-order valence-electron chi connectivity index (χ0n) is 11.1. The molecule has 0 heterocycles. The Labute approximate surface area is 109 Å². The van der Waals surface area contributed by atoms with Gasteiger partial charge in [-0.3, -0.25) is 4.79 Å². The number of nitrogens with two attached hydrogens (primary N) is 1. The molecule has 0 fully saturated rings. The van der Waals surface area contributed by atoms with Crippen molar-refractivity contribution in [2.75, 3.05) is 26.3 Å². The van der Waals surface area contributed by atoms with Crippen LogP contribution in [0.4, 0.5) is 0 Å². The summed E-state index contributed by atoms with van der Waals surface area (Å²) < 4.78 is 5.27. The van der Waals surface area contributed by atoms with Crippen LogP contribution >= 0.6 is 0 Å². The van der Waals surface area contributed by atoms with Crippen molar-refractivity contribution < 1.29 is 9.53 Å². The second-order valence-corrected chi connectivity index (χ2v) is 4.00. The lowest BCUT2D eigenvalue weighted by molar-refractivity contribution is -0.133. The van der Waals surface area contributed by atoms with Gasteiger partial charge in [-0.1, -0.05) is 30.3 Å². The Morgan fingerprint density at radius 1 is 1.33 bits per heavy atom. The minimum absolute atomic E-state index is 0.0524. The maximum absolute atomic E-state index is 12.2. The quantitative estimate of drug-likeness (QED) is 0.747. The summed E-state index contributed by atoms with van der Waals surface area (Å²) in [5.41, 5.74) is 6.83. The molecule has 0 unspecified atom stereocenters. The molecule has 0 saturated carbocycles. The molecule has 18 heavy (non-hydrogen) atoms. The van der Waals surface area contributed by atoms with E-state index in [-0.39, 0.29) is 5.91 Å². The number of likely N-dealkylation sites (N-methyl/N-ethyl adjacent to an activating group) is 1. The number of amides is 1. The van der Waals surface area contributed by atoms with Gasteiger partial charge in [0.15, 0.2) is 0 Å². The van der Waals surface area contributed by atoms with Crippen molar-refractivity contribution in [1.82, 2.24) is 4.90 Å². The van der Waals surface area contributed by atoms with Crippen LogP contribution in [0, 0.1) is 0 Å². The monoisotopic (exact) mass is 250 g/mol. The van der Waals surface area contributed by atoms with Crippen LogP contribution in [-0.2, 0) is 9.53 Å². The molecule has 1 aromatic rings. The van der Waals surface area contributed by atoms with Crippen molar-refractivity contribution in [1.29, 1.82) is 0 Å². The van der Waals surface area contributed by atoms with E-state index in [0.717, 1.165) is 5.56 Å². The first-order valence-electron chi connectivity index (χ1n) is 6.37. The van der Waals surface area contributed by atoms with Crippen molar-refractivity contribution in [2.45, 2.75) is 19.9 Å². The van der Waals surface area contributed by atoms with Gasteiger partial charge in [0.2, 0.25) is 5.91 Å². The van der Waals surface area contributed by atoms with Crippen molar-refractivity contribution in [3.05, 3.63) is 35.9 Å². The summed E-state index contributed by atoms with van der Waals surface area (Å²) in [7, 11) is 0. The Hall–Kier alpha value is -1.39. The Morgan fingerprint density at radius 2 is 2.00 bits per heavy atom. The van der Waals surface area contributed by atoms with Crippen molar-refractivity contribution >= 4 is 5.91 Å². The zero-order chi connectivity index (χ0) is 13.4. The van der Waals surface area contributed by atoms with Gasteiger partial charge in [-0.25, -0.2) is 0 Å². The molecule has 0 aromatic heterocycles. The predicted molar refractivity (Wildman–Crippen MR) is 72.1 cm³/mol. The largest absolute Gasteiger partial charge is 0.380 e. The second-order valence-electron chi connectivity index (χ2n) is 4.00. The Morgan fingerprint density at radius 3 is 2.56 bits per heavy atom. The number of nitrogens with zero attached hydrogens (tertiary/aromatic N) is 1. The maximum Gasteiger partial charge on any atom is 0.244 e. The van der Waals surface area contributed by atoms with Gasteiger partial charge in [-0.05, 0) is 19.4 Å². The van der Waals surface area contributed by atoms with E-state index in [1.165, 1.54) is 0 Å². The lowest BCUT2D eigenvalue weighted by Crippen LogP contribution is -2.40. The first-order valence-corrected chi connectivity index (χ1v) is 6.37. The molecule has 0 saturated heterocycles. The normalized spacial score (nSPS) is 12.2. The molecule has 1 rings (SSSR count). The van der Waals surface area contributed by atoms with E-state index in [4.69, 9.17) is 10.5 Å². The molecule has 0 aliphatic carbocycles. The fourth-order valence-corrected chi connectivity index (χ4v) is 1.74. The average Bonchev–Trinajstić information content (AvgIpc) is 2.43. The van der Waals surface area contributed by atoms with E-state index < -0.39 is 6.04 Å². The summed E-state index contributed by atoms with van der Waals surface area (Å²) >= 11 is 0. The lowest BCUT2D eigenvalue weighted by atomic mass is 10.1. The van der Waals surface area contributed by atoms with E-state index in [0.29, 0.717) is 26.3 Å². The number of rotatable bonds is 7. The molecular weight excluding hydrogens is 228 g/mol. The lowest BCUT2D eigenvalue weighted by Gasteiger charge is -2.24. The Bertz CT molecular complexity index is 354. The highest BCUT2D eigenvalue weighted by Crippen LogP contribution is 2.12. The van der Waals surface area contributed by atoms with Gasteiger partial charge < -0.3 is 15.4 Å². The molecule has 0 bridgehead atoms. The fourth-order valence-electron chi connectivity index (χ4n) is 1.74. The Kier molecular flexibility index (Phi) is 6.39. The van der Waals surface area contributed by atoms with Crippen LogP contribution in [0.2, 0.25) is 0 Å².